The molecule has 0 fully saturated rings. The van der Waals surface area contributed by atoms with Crippen molar-refractivity contribution in [1.82, 2.24) is 10.6 Å². The predicted molar refractivity (Wildman–Crippen MR) is 113 cm³/mol. The van der Waals surface area contributed by atoms with Crippen LogP contribution >= 0.6 is 0 Å². The molecule has 0 saturated heterocycles. The summed E-state index contributed by atoms with van der Waals surface area (Å²) in [5.41, 5.74) is 6.56. The van der Waals surface area contributed by atoms with Gasteiger partial charge in [-0.25, -0.2) is 0 Å². The van der Waals surface area contributed by atoms with Crippen LogP contribution in [0.15, 0.2) is 30.3 Å². The zero-order chi connectivity index (χ0) is 20.5. The van der Waals surface area contributed by atoms with E-state index in [2.05, 4.69) is 43.5 Å². The average molecular weight is 385 g/mol. The second-order valence-electron chi connectivity index (χ2n) is 7.03. The minimum atomic E-state index is -0.142. The van der Waals surface area contributed by atoms with Crippen LogP contribution in [0.1, 0.15) is 34.7 Å². The highest BCUT2D eigenvalue weighted by Gasteiger charge is 2.09. The second-order valence-corrected chi connectivity index (χ2v) is 7.03. The summed E-state index contributed by atoms with van der Waals surface area (Å²) in [6.45, 7) is 10.6. The number of likely N-dealkylation sites (N-methyl/N-ethyl adjacent to an activating group) is 1. The van der Waals surface area contributed by atoms with Crippen molar-refractivity contribution in [2.45, 2.75) is 40.7 Å². The number of nitrogens with one attached hydrogen (secondary N) is 2. The number of carbonyl (C=O) groups excluding carboxylic acids is 1. The smallest absolute Gasteiger partial charge is 0.257 e. The molecule has 0 aliphatic carbocycles. The van der Waals surface area contributed by atoms with Crippen molar-refractivity contribution in [3.05, 3.63) is 58.1 Å². The van der Waals surface area contributed by atoms with Crippen molar-refractivity contribution in [2.24, 2.45) is 0 Å². The van der Waals surface area contributed by atoms with Crippen molar-refractivity contribution in [3.8, 4) is 11.5 Å². The largest absolute Gasteiger partial charge is 0.493 e. The number of benzene rings is 2. The minimum absolute atomic E-state index is 0.0168. The molecule has 2 rings (SSSR count). The van der Waals surface area contributed by atoms with E-state index < -0.39 is 0 Å². The molecule has 1 amide bonds. The van der Waals surface area contributed by atoms with Gasteiger partial charge in [-0.2, -0.15) is 0 Å². The third-order valence-corrected chi connectivity index (χ3v) is 4.68. The summed E-state index contributed by atoms with van der Waals surface area (Å²) < 4.78 is 11.0. The van der Waals surface area contributed by atoms with Gasteiger partial charge in [-0.3, -0.25) is 4.79 Å². The van der Waals surface area contributed by atoms with Crippen LogP contribution < -0.4 is 20.1 Å². The molecule has 2 aromatic rings. The van der Waals surface area contributed by atoms with Gasteiger partial charge in [0.05, 0.1) is 7.11 Å². The summed E-state index contributed by atoms with van der Waals surface area (Å²) in [7, 11) is 1.61. The molecule has 28 heavy (non-hydrogen) atoms. The first-order chi connectivity index (χ1) is 13.4. The summed E-state index contributed by atoms with van der Waals surface area (Å²) >= 11 is 0. The zero-order valence-electron chi connectivity index (χ0n) is 17.6. The summed E-state index contributed by atoms with van der Waals surface area (Å²) in [4.78, 5) is 11.6. The van der Waals surface area contributed by atoms with Gasteiger partial charge in [0.25, 0.3) is 5.91 Å². The highest BCUT2D eigenvalue weighted by atomic mass is 16.5. The predicted octanol–water partition coefficient (Wildman–Crippen LogP) is 3.47. The summed E-state index contributed by atoms with van der Waals surface area (Å²) in [5.74, 6) is 1.06. The van der Waals surface area contributed by atoms with Crippen LogP contribution in [0.25, 0.3) is 0 Å². The van der Waals surface area contributed by atoms with Gasteiger partial charge in [-0.15, -0.1) is 0 Å². The Morgan fingerprint density at radius 3 is 2.39 bits per heavy atom. The summed E-state index contributed by atoms with van der Waals surface area (Å²) in [5, 5.41) is 6.21. The second kappa shape index (κ2) is 10.7. The molecule has 152 valence electrons. The SMILES string of the molecule is CCNC(=O)COc1ccc(CNCCc2c(C)cc(C)cc2C)cc1OC. The van der Waals surface area contributed by atoms with Crippen LogP contribution in [0.5, 0.6) is 11.5 Å². The lowest BCUT2D eigenvalue weighted by atomic mass is 9.97. The molecule has 5 nitrogen and oxygen atoms in total. The molecule has 0 unspecified atom stereocenters. The first kappa shape index (κ1) is 21.8. The lowest BCUT2D eigenvalue weighted by Crippen LogP contribution is -2.28. The van der Waals surface area contributed by atoms with E-state index in [1.807, 2.05) is 25.1 Å². The molecule has 2 aromatic carbocycles. The zero-order valence-corrected chi connectivity index (χ0v) is 17.6. The monoisotopic (exact) mass is 384 g/mol. The Morgan fingerprint density at radius 2 is 1.75 bits per heavy atom. The van der Waals surface area contributed by atoms with E-state index in [-0.39, 0.29) is 12.5 Å². The fourth-order valence-electron chi connectivity index (χ4n) is 3.38. The first-order valence-corrected chi connectivity index (χ1v) is 9.78. The molecule has 0 spiro atoms. The molecule has 2 N–H and O–H groups in total. The highest BCUT2D eigenvalue weighted by molar-refractivity contribution is 5.77. The maximum atomic E-state index is 11.6. The number of hydrogen-bond acceptors (Lipinski definition) is 4. The lowest BCUT2D eigenvalue weighted by molar-refractivity contribution is -0.123. The van der Waals surface area contributed by atoms with Crippen molar-refractivity contribution in [1.29, 1.82) is 0 Å². The van der Waals surface area contributed by atoms with Crippen LogP contribution in [0.3, 0.4) is 0 Å². The number of ether oxygens (including phenoxy) is 2. The highest BCUT2D eigenvalue weighted by Crippen LogP contribution is 2.28. The molecule has 0 saturated carbocycles. The van der Waals surface area contributed by atoms with Gasteiger partial charge in [0.15, 0.2) is 18.1 Å². The Bertz CT molecular complexity index is 779. The van der Waals surface area contributed by atoms with Crippen LogP contribution in [0.4, 0.5) is 0 Å². The van der Waals surface area contributed by atoms with E-state index >= 15 is 0 Å². The Balaban J connectivity index is 1.88. The molecule has 0 atom stereocenters. The van der Waals surface area contributed by atoms with Gasteiger partial charge in [0.1, 0.15) is 0 Å². The molecule has 0 aliphatic rings. The third kappa shape index (κ3) is 6.27. The summed E-state index contributed by atoms with van der Waals surface area (Å²) in [6, 6.07) is 10.3. The van der Waals surface area contributed by atoms with Crippen molar-refractivity contribution < 1.29 is 14.3 Å². The minimum Gasteiger partial charge on any atom is -0.493 e. The van der Waals surface area contributed by atoms with E-state index in [0.29, 0.717) is 18.0 Å². The number of rotatable bonds is 10. The number of methoxy groups -OCH3 is 1. The van der Waals surface area contributed by atoms with Crippen LogP contribution in [-0.2, 0) is 17.8 Å². The van der Waals surface area contributed by atoms with Gasteiger partial charge in [0, 0.05) is 13.1 Å². The Kier molecular flexibility index (Phi) is 8.33. The van der Waals surface area contributed by atoms with Crippen molar-refractivity contribution in [3.63, 3.8) is 0 Å². The van der Waals surface area contributed by atoms with Gasteiger partial charge >= 0.3 is 0 Å². The maximum Gasteiger partial charge on any atom is 0.257 e. The molecule has 0 heterocycles. The van der Waals surface area contributed by atoms with Crippen molar-refractivity contribution in [2.75, 3.05) is 26.8 Å². The molecular weight excluding hydrogens is 352 g/mol. The molecule has 0 aromatic heterocycles. The van der Waals surface area contributed by atoms with E-state index in [1.54, 1.807) is 7.11 Å². The third-order valence-electron chi connectivity index (χ3n) is 4.68. The Hall–Kier alpha value is -2.53. The topological polar surface area (TPSA) is 59.6 Å². The van der Waals surface area contributed by atoms with E-state index in [1.165, 1.54) is 22.3 Å². The number of amides is 1. The Morgan fingerprint density at radius 1 is 1.04 bits per heavy atom. The van der Waals surface area contributed by atoms with Gasteiger partial charge in [-0.1, -0.05) is 23.8 Å². The van der Waals surface area contributed by atoms with Gasteiger partial charge in [-0.05, 0) is 75.0 Å². The van der Waals surface area contributed by atoms with Crippen molar-refractivity contribution >= 4 is 5.91 Å². The quantitative estimate of drug-likeness (QED) is 0.616. The van der Waals surface area contributed by atoms with Crippen LogP contribution in [0.2, 0.25) is 0 Å². The van der Waals surface area contributed by atoms with Gasteiger partial charge in [0.2, 0.25) is 0 Å². The summed E-state index contributed by atoms with van der Waals surface area (Å²) in [6.07, 6.45) is 1.00. The number of carbonyl (C=O) groups is 1. The van der Waals surface area contributed by atoms with Gasteiger partial charge < -0.3 is 20.1 Å². The fourth-order valence-corrected chi connectivity index (χ4v) is 3.38. The number of aryl methyl sites for hydroxylation is 3. The standard InChI is InChI=1S/C23H32N2O3/c1-6-25-23(26)15-28-21-8-7-19(13-22(21)27-5)14-24-10-9-20-17(3)11-16(2)12-18(20)4/h7-8,11-13,24H,6,9-10,14-15H2,1-5H3,(H,25,26). The lowest BCUT2D eigenvalue weighted by Gasteiger charge is -2.14. The Labute approximate surface area is 168 Å². The van der Waals surface area contributed by atoms with Crippen LogP contribution in [-0.4, -0.2) is 32.7 Å². The number of hydrogen-bond donors (Lipinski definition) is 2. The first-order valence-electron chi connectivity index (χ1n) is 9.78. The molecular formula is C23H32N2O3. The average Bonchev–Trinajstić information content (AvgIpc) is 2.65. The fraction of sp³-hybridized carbons (Fsp3) is 0.435. The van der Waals surface area contributed by atoms with E-state index in [4.69, 9.17) is 9.47 Å². The molecule has 0 radical (unpaired) electrons. The van der Waals surface area contributed by atoms with Crippen LogP contribution in [0, 0.1) is 20.8 Å². The molecule has 0 bridgehead atoms. The van der Waals surface area contributed by atoms with E-state index in [9.17, 15) is 4.79 Å². The van der Waals surface area contributed by atoms with E-state index in [0.717, 1.165) is 25.1 Å². The normalized spacial score (nSPS) is 10.6. The molecule has 5 heteroatoms. The molecule has 0 aliphatic heterocycles. The maximum absolute atomic E-state index is 11.6.